The highest BCUT2D eigenvalue weighted by Crippen LogP contribution is 2.24. The number of hydrogen-bond acceptors (Lipinski definition) is 18. The molecule has 7 aromatic rings. The van der Waals surface area contributed by atoms with Gasteiger partial charge in [0.05, 0.1) is 25.3 Å². The van der Waals surface area contributed by atoms with E-state index in [1.807, 2.05) is 36.4 Å². The zero-order chi connectivity index (χ0) is 84.1. The number of fused-ring (bicyclic) bond motifs is 3. The number of aromatic amines is 2. The molecule has 620 valence electrons. The monoisotopic (exact) mass is 1620 g/mol. The molecule has 1 fully saturated rings. The Morgan fingerprint density at radius 2 is 0.931 bits per heavy atom. The van der Waals surface area contributed by atoms with Crippen LogP contribution in [0.25, 0.3) is 32.6 Å². The van der Waals surface area contributed by atoms with E-state index in [1.165, 1.54) is 0 Å². The standard InChI is InChI=1S/C80H104N20O15S/c1-43(2)67-78(114)92-56(25-14-15-29-81)72(108)94-59(34-49-37-87-53-23-12-10-21-51(49)53)76(112)100-68(44(3)4)79(115)98-63(69(83)105)41-116-42-66(104)91-57(33-46-27-28-47-19-8-9-20-48(47)31-46)73(109)93-58(32-45-17-6-5-7-18-45)74(110)97-62(40-101)70(106)89-39-65(103)90-55(26-16-30-86-80(84)85)71(107)96-61(36-64(82)102)75(111)95-60(77(113)99-67)35-50-38-88-54-24-13-11-22-52(50)54/h5-13,17-24,27-28,31,37-38,43-44,55-63,67-68,87-88,101H,14-16,25-26,29-30,32-36,39-42,81H2,1-4H3,(H2,82,102)(H2,83,105)(H,89,106)(H,90,103)(H,91,104)(H,92,114)(H,93,109)(H,94,108)(H,95,111)(H,96,107)(H,97,110)(H,98,115)(H,99,113)(H,100,112)(H4,84,85,86)/t55-,56+,57-,58-,59-,60-,61-,62-,63-,67-,68-/m0/s1. The number of carbonyl (C=O) groups excluding carboxylic acids is 14. The van der Waals surface area contributed by atoms with E-state index in [0.29, 0.717) is 50.5 Å². The molecule has 5 aromatic carbocycles. The molecule has 0 aliphatic carbocycles. The molecule has 1 aliphatic heterocycles. The summed E-state index contributed by atoms with van der Waals surface area (Å²) in [5, 5.41) is 55.3. The summed E-state index contributed by atoms with van der Waals surface area (Å²) >= 11 is 0.859. The first-order valence-corrected chi connectivity index (χ1v) is 39.4. The predicted octanol–water partition coefficient (Wildman–Crippen LogP) is -1.67. The highest BCUT2D eigenvalue weighted by atomic mass is 32.2. The molecule has 0 radical (unpaired) electrons. The van der Waals surface area contributed by atoms with Crippen molar-refractivity contribution in [3.63, 3.8) is 0 Å². The van der Waals surface area contributed by atoms with Crippen LogP contribution in [0, 0.1) is 17.2 Å². The third-order valence-electron chi connectivity index (χ3n) is 19.4. The van der Waals surface area contributed by atoms with Crippen LogP contribution >= 0.6 is 11.8 Å². The Kier molecular flexibility index (Phi) is 33.6. The minimum atomic E-state index is -1.87. The zero-order valence-electron chi connectivity index (χ0n) is 64.9. The Labute approximate surface area is 673 Å². The second-order valence-corrected chi connectivity index (χ2v) is 30.1. The lowest BCUT2D eigenvalue weighted by Crippen LogP contribution is -2.62. The molecule has 0 bridgehead atoms. The van der Waals surface area contributed by atoms with E-state index < -0.39 is 192 Å². The average molecular weight is 1620 g/mol. The van der Waals surface area contributed by atoms with Crippen molar-refractivity contribution < 1.29 is 72.2 Å². The van der Waals surface area contributed by atoms with Crippen LogP contribution in [0.3, 0.4) is 0 Å². The van der Waals surface area contributed by atoms with E-state index in [1.54, 1.807) is 125 Å². The number of aliphatic hydroxyl groups is 1. The molecular weight excluding hydrogens is 1510 g/mol. The van der Waals surface area contributed by atoms with Gasteiger partial charge in [-0.2, -0.15) is 0 Å². The Balaban J connectivity index is 1.16. The van der Waals surface area contributed by atoms with Crippen molar-refractivity contribution in [1.29, 1.82) is 5.41 Å². The van der Waals surface area contributed by atoms with Gasteiger partial charge < -0.3 is 107 Å². The Bertz CT molecular complexity index is 4670. The van der Waals surface area contributed by atoms with Gasteiger partial charge in [0.15, 0.2) is 5.96 Å². The van der Waals surface area contributed by atoms with Gasteiger partial charge in [-0.15, -0.1) is 11.8 Å². The van der Waals surface area contributed by atoms with Crippen LogP contribution in [-0.4, -0.2) is 208 Å². The van der Waals surface area contributed by atoms with E-state index in [-0.39, 0.29) is 70.2 Å². The minimum Gasteiger partial charge on any atom is -0.394 e. The summed E-state index contributed by atoms with van der Waals surface area (Å²) in [4.78, 5) is 208. The number of guanidine groups is 1. The summed E-state index contributed by atoms with van der Waals surface area (Å²) in [5.41, 5.74) is 26.6. The lowest BCUT2D eigenvalue weighted by molar-refractivity contribution is -0.137. The van der Waals surface area contributed by atoms with Gasteiger partial charge in [0.2, 0.25) is 82.7 Å². The highest BCUT2D eigenvalue weighted by Gasteiger charge is 2.39. The van der Waals surface area contributed by atoms with Crippen molar-refractivity contribution >= 4 is 133 Å². The number of H-pyrrole nitrogens is 2. The number of aliphatic hydroxyl groups excluding tert-OH is 1. The molecule has 25 N–H and O–H groups in total. The number of benzene rings is 5. The topological polar surface area (TPSA) is 575 Å². The second-order valence-electron chi connectivity index (χ2n) is 29.1. The van der Waals surface area contributed by atoms with Crippen molar-refractivity contribution in [1.82, 2.24) is 79.1 Å². The maximum Gasteiger partial charge on any atom is 0.245 e. The fourth-order valence-electron chi connectivity index (χ4n) is 13.2. The van der Waals surface area contributed by atoms with E-state index in [0.717, 1.165) is 22.5 Å². The zero-order valence-corrected chi connectivity index (χ0v) is 65.7. The lowest BCUT2D eigenvalue weighted by atomic mass is 9.98. The number of thioether (sulfide) groups is 1. The SMILES string of the molecule is CC(C)[C@@H]1NC(=O)[C@H](Cc2c[nH]c3ccccc23)NC(=O)[C@@H](CCCCN)NC(=O)[C@H](C(C)C)NC(=O)[C@H](Cc2c[nH]c3ccccc23)NC(=O)[C@H](CC(N)=O)NC(=O)[C@H](CCCNC(=N)N)NC(=O)CNC(=O)[C@H](CO)NC(=O)[C@H](Cc2ccccc2)NC(=O)[C@H](Cc2ccc3ccccc3c2)NC(=O)CSC[C@@H](C(N)=O)NC1=O. The summed E-state index contributed by atoms with van der Waals surface area (Å²) in [6, 6.07) is 18.3. The third-order valence-corrected chi connectivity index (χ3v) is 20.5. The molecule has 0 saturated carbocycles. The van der Waals surface area contributed by atoms with Crippen molar-refractivity contribution in [3.8, 4) is 0 Å². The molecule has 1 saturated heterocycles. The molecule has 14 amide bonds. The van der Waals surface area contributed by atoms with Crippen molar-refractivity contribution in [2.24, 2.45) is 34.8 Å². The quantitative estimate of drug-likeness (QED) is 0.0205. The average Bonchev–Trinajstić information content (AvgIpc) is 1.63. The minimum absolute atomic E-state index is 0.0185. The van der Waals surface area contributed by atoms with Gasteiger partial charge in [0.1, 0.15) is 66.5 Å². The summed E-state index contributed by atoms with van der Waals surface area (Å²) in [6.07, 6.45) is 1.90. The smallest absolute Gasteiger partial charge is 0.245 e. The van der Waals surface area contributed by atoms with Gasteiger partial charge in [0, 0.05) is 72.2 Å². The Morgan fingerprint density at radius 1 is 0.474 bits per heavy atom. The molecule has 8 rings (SSSR count). The number of nitrogens with one attached hydrogen (secondary N) is 16. The summed E-state index contributed by atoms with van der Waals surface area (Å²) in [7, 11) is 0. The van der Waals surface area contributed by atoms with Crippen LogP contribution in [0.1, 0.15) is 88.5 Å². The first kappa shape index (κ1) is 89.1. The first-order valence-electron chi connectivity index (χ1n) is 38.2. The van der Waals surface area contributed by atoms with Crippen molar-refractivity contribution in [3.05, 3.63) is 156 Å². The Morgan fingerprint density at radius 3 is 1.48 bits per heavy atom. The van der Waals surface area contributed by atoms with Gasteiger partial charge in [-0.1, -0.05) is 137 Å². The lowest BCUT2D eigenvalue weighted by Gasteiger charge is -2.29. The summed E-state index contributed by atoms with van der Waals surface area (Å²) in [6.45, 7) is 4.65. The number of primary amides is 2. The van der Waals surface area contributed by atoms with Crippen molar-refractivity contribution in [2.75, 3.05) is 37.7 Å². The van der Waals surface area contributed by atoms with Crippen LogP contribution in [0.5, 0.6) is 0 Å². The molecule has 36 heteroatoms. The van der Waals surface area contributed by atoms with Gasteiger partial charge in [-0.05, 0) is 95.6 Å². The first-order chi connectivity index (χ1) is 55.5. The number of carbonyl (C=O) groups is 14. The van der Waals surface area contributed by atoms with E-state index in [4.69, 9.17) is 28.3 Å². The predicted molar refractivity (Wildman–Crippen MR) is 435 cm³/mol. The molecule has 0 unspecified atom stereocenters. The molecule has 3 heterocycles. The van der Waals surface area contributed by atoms with Gasteiger partial charge >= 0.3 is 0 Å². The summed E-state index contributed by atoms with van der Waals surface area (Å²) in [5.74, 6) is -16.2. The number of unbranched alkanes of at least 4 members (excludes halogenated alkanes) is 1. The molecular formula is C80H104N20O15S. The fourth-order valence-corrected chi connectivity index (χ4v) is 14.1. The van der Waals surface area contributed by atoms with Crippen LogP contribution in [0.15, 0.2) is 134 Å². The number of amides is 14. The van der Waals surface area contributed by atoms with Crippen LogP contribution in [0.2, 0.25) is 0 Å². The largest absolute Gasteiger partial charge is 0.394 e. The van der Waals surface area contributed by atoms with Crippen molar-refractivity contribution in [2.45, 2.75) is 158 Å². The molecule has 11 atom stereocenters. The number of hydrogen-bond donors (Lipinski definition) is 21. The molecule has 1 aliphatic rings. The molecule has 0 spiro atoms. The van der Waals surface area contributed by atoms with E-state index in [9.17, 15) is 57.8 Å². The van der Waals surface area contributed by atoms with Crippen LogP contribution < -0.4 is 92.1 Å². The maximum absolute atomic E-state index is 15.1. The number of aromatic nitrogens is 2. The molecule has 35 nitrogen and oxygen atoms in total. The van der Waals surface area contributed by atoms with Gasteiger partial charge in [-0.3, -0.25) is 72.5 Å². The number of para-hydroxylation sites is 2. The van der Waals surface area contributed by atoms with Crippen LogP contribution in [-0.2, 0) is 92.8 Å². The fraction of sp³-hybridized carbons (Fsp3) is 0.412. The molecule has 2 aromatic heterocycles. The normalized spacial score (nSPS) is 22.5. The van der Waals surface area contributed by atoms with Gasteiger partial charge in [-0.25, -0.2) is 0 Å². The summed E-state index contributed by atoms with van der Waals surface area (Å²) < 4.78 is 0. The van der Waals surface area contributed by atoms with Crippen LogP contribution in [0.4, 0.5) is 0 Å². The number of rotatable bonds is 22. The Hall–Kier alpha value is -12.4. The van der Waals surface area contributed by atoms with Gasteiger partial charge in [0.25, 0.3) is 0 Å². The number of nitrogens with two attached hydrogens (primary N) is 4. The third kappa shape index (κ3) is 26.6. The molecule has 116 heavy (non-hydrogen) atoms. The van der Waals surface area contributed by atoms with E-state index in [2.05, 4.69) is 79.1 Å². The maximum atomic E-state index is 15.1. The van der Waals surface area contributed by atoms with E-state index >= 15 is 14.4 Å². The highest BCUT2D eigenvalue weighted by molar-refractivity contribution is 8.00. The second kappa shape index (κ2) is 43.7.